The van der Waals surface area contributed by atoms with Crippen molar-refractivity contribution in [3.8, 4) is 0 Å². The van der Waals surface area contributed by atoms with Crippen molar-refractivity contribution in [1.82, 2.24) is 9.55 Å². The molecule has 0 fully saturated rings. The van der Waals surface area contributed by atoms with Gasteiger partial charge in [0, 0.05) is 18.6 Å². The summed E-state index contributed by atoms with van der Waals surface area (Å²) in [5.74, 6) is 0. The molecule has 0 aromatic carbocycles. The number of hydrogen-bond acceptors (Lipinski definition) is 2. The summed E-state index contributed by atoms with van der Waals surface area (Å²) in [5, 5.41) is 1.36. The van der Waals surface area contributed by atoms with Gasteiger partial charge in [0.1, 0.15) is 0 Å². The molecule has 0 amide bonds. The topological polar surface area (TPSA) is 34.9 Å². The van der Waals surface area contributed by atoms with Crippen LogP contribution in [0.2, 0.25) is 5.15 Å². The van der Waals surface area contributed by atoms with Gasteiger partial charge in [0.05, 0.1) is 11.2 Å². The average molecular weight is 195 g/mol. The molecular formula is C9H7ClN2O. The van der Waals surface area contributed by atoms with E-state index in [1.165, 1.54) is 0 Å². The number of rotatable bonds is 1. The van der Waals surface area contributed by atoms with E-state index in [0.29, 0.717) is 10.8 Å². The van der Waals surface area contributed by atoms with Gasteiger partial charge in [-0.3, -0.25) is 4.79 Å². The number of aryl methyl sites for hydroxylation is 1. The number of carbonyl (C=O) groups is 1. The standard InChI is InChI=1S/C9H7ClN2O/c1-12-7(5-13)4-6-2-3-11-9(10)8(6)12/h2-5H,1H3. The van der Waals surface area contributed by atoms with E-state index in [1.54, 1.807) is 23.9 Å². The highest BCUT2D eigenvalue weighted by Gasteiger charge is 2.07. The molecule has 0 atom stereocenters. The Labute approximate surface area is 79.9 Å². The second-order valence-corrected chi connectivity index (χ2v) is 3.14. The van der Waals surface area contributed by atoms with E-state index in [1.807, 2.05) is 6.07 Å². The molecule has 2 rings (SSSR count). The Morgan fingerprint density at radius 3 is 3.00 bits per heavy atom. The van der Waals surface area contributed by atoms with Crippen molar-refractivity contribution in [1.29, 1.82) is 0 Å². The van der Waals surface area contributed by atoms with Crippen molar-refractivity contribution in [2.24, 2.45) is 7.05 Å². The van der Waals surface area contributed by atoms with E-state index in [9.17, 15) is 4.79 Å². The normalized spacial score (nSPS) is 10.6. The van der Waals surface area contributed by atoms with E-state index in [4.69, 9.17) is 11.6 Å². The summed E-state index contributed by atoms with van der Waals surface area (Å²) in [5.41, 5.74) is 1.40. The largest absolute Gasteiger partial charge is 0.339 e. The maximum absolute atomic E-state index is 10.6. The van der Waals surface area contributed by atoms with Gasteiger partial charge >= 0.3 is 0 Å². The highest BCUT2D eigenvalue weighted by Crippen LogP contribution is 2.23. The van der Waals surface area contributed by atoms with Gasteiger partial charge in [-0.05, 0) is 12.1 Å². The number of aromatic nitrogens is 2. The van der Waals surface area contributed by atoms with Crippen LogP contribution in [0, 0.1) is 0 Å². The molecule has 2 aromatic rings. The predicted octanol–water partition coefficient (Wildman–Crippen LogP) is 2.04. The summed E-state index contributed by atoms with van der Waals surface area (Å²) in [6.07, 6.45) is 2.43. The summed E-state index contributed by atoms with van der Waals surface area (Å²) >= 11 is 5.88. The molecule has 0 bridgehead atoms. The Bertz CT molecular complexity index is 476. The maximum atomic E-state index is 10.6. The zero-order valence-corrected chi connectivity index (χ0v) is 7.75. The summed E-state index contributed by atoms with van der Waals surface area (Å²) in [7, 11) is 1.79. The van der Waals surface area contributed by atoms with Crippen LogP contribution in [0.15, 0.2) is 18.3 Å². The molecule has 0 radical (unpaired) electrons. The Hall–Kier alpha value is -1.35. The third-order valence-electron chi connectivity index (χ3n) is 2.06. The van der Waals surface area contributed by atoms with Crippen molar-refractivity contribution in [2.45, 2.75) is 0 Å². The van der Waals surface area contributed by atoms with Gasteiger partial charge in [-0.1, -0.05) is 11.6 Å². The fourth-order valence-corrected chi connectivity index (χ4v) is 1.68. The number of aldehydes is 1. The third kappa shape index (κ3) is 1.12. The van der Waals surface area contributed by atoms with E-state index < -0.39 is 0 Å². The average Bonchev–Trinajstić information content (AvgIpc) is 2.44. The summed E-state index contributed by atoms with van der Waals surface area (Å²) in [4.78, 5) is 14.6. The summed E-state index contributed by atoms with van der Waals surface area (Å²) in [6.45, 7) is 0. The molecule has 0 aliphatic carbocycles. The first kappa shape index (κ1) is 8.26. The van der Waals surface area contributed by atoms with Gasteiger partial charge in [-0.15, -0.1) is 0 Å². The molecule has 0 spiro atoms. The van der Waals surface area contributed by atoms with Gasteiger partial charge < -0.3 is 4.57 Å². The van der Waals surface area contributed by atoms with E-state index in [-0.39, 0.29) is 0 Å². The second kappa shape index (κ2) is 2.85. The SMILES string of the molecule is Cn1c(C=O)cc2ccnc(Cl)c21. The predicted molar refractivity (Wildman–Crippen MR) is 51.1 cm³/mol. The van der Waals surface area contributed by atoms with Gasteiger partial charge in [-0.25, -0.2) is 4.98 Å². The zero-order chi connectivity index (χ0) is 9.42. The Morgan fingerprint density at radius 1 is 1.62 bits per heavy atom. The van der Waals surface area contributed by atoms with E-state index in [0.717, 1.165) is 17.2 Å². The quantitative estimate of drug-likeness (QED) is 0.514. The molecule has 0 unspecified atom stereocenters. The molecule has 0 saturated heterocycles. The molecule has 2 heterocycles. The van der Waals surface area contributed by atoms with Crippen LogP contribution in [0.1, 0.15) is 10.5 Å². The lowest BCUT2D eigenvalue weighted by atomic mass is 10.3. The zero-order valence-electron chi connectivity index (χ0n) is 6.99. The molecule has 0 aliphatic heterocycles. The first-order valence-electron chi connectivity index (χ1n) is 3.79. The second-order valence-electron chi connectivity index (χ2n) is 2.79. The van der Waals surface area contributed by atoms with Crippen LogP contribution >= 0.6 is 11.6 Å². The van der Waals surface area contributed by atoms with Gasteiger partial charge in [0.15, 0.2) is 11.4 Å². The molecule has 3 nitrogen and oxygen atoms in total. The van der Waals surface area contributed by atoms with Gasteiger partial charge in [0.25, 0.3) is 0 Å². The molecule has 4 heteroatoms. The van der Waals surface area contributed by atoms with Crippen molar-refractivity contribution >= 4 is 28.8 Å². The molecule has 13 heavy (non-hydrogen) atoms. The monoisotopic (exact) mass is 194 g/mol. The van der Waals surface area contributed by atoms with Crippen molar-refractivity contribution in [2.75, 3.05) is 0 Å². The minimum Gasteiger partial charge on any atom is -0.339 e. The van der Waals surface area contributed by atoms with Gasteiger partial charge in [-0.2, -0.15) is 0 Å². The Morgan fingerprint density at radius 2 is 2.38 bits per heavy atom. The van der Waals surface area contributed by atoms with Crippen LogP contribution in [0.25, 0.3) is 10.9 Å². The number of fused-ring (bicyclic) bond motifs is 1. The van der Waals surface area contributed by atoms with E-state index in [2.05, 4.69) is 4.98 Å². The lowest BCUT2D eigenvalue weighted by molar-refractivity contribution is 0.111. The number of halogens is 1. The Balaban J connectivity index is 2.92. The van der Waals surface area contributed by atoms with Crippen LogP contribution in [0.3, 0.4) is 0 Å². The van der Waals surface area contributed by atoms with Crippen LogP contribution < -0.4 is 0 Å². The van der Waals surface area contributed by atoms with Crippen LogP contribution in [0.5, 0.6) is 0 Å². The number of carbonyl (C=O) groups excluding carboxylic acids is 1. The fraction of sp³-hybridized carbons (Fsp3) is 0.111. The summed E-state index contributed by atoms with van der Waals surface area (Å²) < 4.78 is 1.73. The minimum absolute atomic E-state index is 0.424. The first-order valence-corrected chi connectivity index (χ1v) is 4.17. The van der Waals surface area contributed by atoms with Crippen molar-refractivity contribution in [3.63, 3.8) is 0 Å². The number of nitrogens with zero attached hydrogens (tertiary/aromatic N) is 2. The van der Waals surface area contributed by atoms with Crippen LogP contribution in [-0.4, -0.2) is 15.8 Å². The number of pyridine rings is 1. The fourth-order valence-electron chi connectivity index (χ4n) is 1.39. The summed E-state index contributed by atoms with van der Waals surface area (Å²) in [6, 6.07) is 3.62. The number of hydrogen-bond donors (Lipinski definition) is 0. The molecule has 66 valence electrons. The van der Waals surface area contributed by atoms with Crippen molar-refractivity contribution < 1.29 is 4.79 Å². The van der Waals surface area contributed by atoms with Crippen LogP contribution in [-0.2, 0) is 7.05 Å². The van der Waals surface area contributed by atoms with E-state index >= 15 is 0 Å². The van der Waals surface area contributed by atoms with Crippen molar-refractivity contribution in [3.05, 3.63) is 29.2 Å². The molecule has 0 N–H and O–H groups in total. The highest BCUT2D eigenvalue weighted by molar-refractivity contribution is 6.34. The molecule has 2 aromatic heterocycles. The molecule has 0 saturated carbocycles. The molecule has 0 aliphatic rings. The third-order valence-corrected chi connectivity index (χ3v) is 2.33. The lowest BCUT2D eigenvalue weighted by Crippen LogP contribution is -1.94. The van der Waals surface area contributed by atoms with Gasteiger partial charge in [0.2, 0.25) is 0 Å². The first-order chi connectivity index (χ1) is 6.24. The lowest BCUT2D eigenvalue weighted by Gasteiger charge is -1.98. The van der Waals surface area contributed by atoms with Crippen LogP contribution in [0.4, 0.5) is 0 Å². The maximum Gasteiger partial charge on any atom is 0.166 e. The minimum atomic E-state index is 0.424. The highest BCUT2D eigenvalue weighted by atomic mass is 35.5. The Kier molecular flexibility index (Phi) is 1.81. The molecular weight excluding hydrogens is 188 g/mol. The smallest absolute Gasteiger partial charge is 0.166 e.